The summed E-state index contributed by atoms with van der Waals surface area (Å²) >= 11 is 0. The Morgan fingerprint density at radius 1 is 1.27 bits per heavy atom. The van der Waals surface area contributed by atoms with Gasteiger partial charge in [0.05, 0.1) is 12.5 Å². The van der Waals surface area contributed by atoms with E-state index in [9.17, 15) is 0 Å². The zero-order valence-corrected chi connectivity index (χ0v) is 10.7. The third-order valence-electron chi connectivity index (χ3n) is 2.71. The van der Waals surface area contributed by atoms with Crippen molar-refractivity contribution in [3.05, 3.63) is 0 Å². The molecule has 6 heteroatoms. The van der Waals surface area contributed by atoms with Gasteiger partial charge in [-0.1, -0.05) is 5.20 Å². The summed E-state index contributed by atoms with van der Waals surface area (Å²) in [6.07, 6.45) is 0.395. The minimum Gasteiger partial charge on any atom is -0.335 e. The molecule has 0 aromatic heterocycles. The van der Waals surface area contributed by atoms with Crippen LogP contribution in [0.1, 0.15) is 34.1 Å². The monoisotopic (exact) mass is 234 g/mol. The number of nitrogens with one attached hydrogen (secondary N) is 1. The highest BCUT2D eigenvalue weighted by molar-refractivity contribution is 7.42. The van der Waals surface area contributed by atoms with Gasteiger partial charge in [0, 0.05) is 0 Å². The molecule has 0 fully saturated rings. The van der Waals surface area contributed by atoms with Gasteiger partial charge in [-0.2, -0.15) is 5.26 Å². The van der Waals surface area contributed by atoms with Gasteiger partial charge in [-0.3, -0.25) is 0 Å². The summed E-state index contributed by atoms with van der Waals surface area (Å²) in [5, 5.41) is 11.4. The SMILES string of the molecule is CC(C)[N+](CCC#N)(NP(O)O)C(C)C. The van der Waals surface area contributed by atoms with Gasteiger partial charge in [-0.15, -0.1) is 0 Å². The van der Waals surface area contributed by atoms with Crippen molar-refractivity contribution in [3.8, 4) is 6.07 Å². The lowest BCUT2D eigenvalue weighted by atomic mass is 10.2. The van der Waals surface area contributed by atoms with Crippen LogP contribution in [0, 0.1) is 11.3 Å². The molecule has 0 bridgehead atoms. The Hall–Kier alpha value is -0.240. The molecule has 0 heterocycles. The zero-order chi connectivity index (χ0) is 12.1. The first-order chi connectivity index (χ1) is 6.86. The van der Waals surface area contributed by atoms with E-state index in [1.807, 2.05) is 27.7 Å². The van der Waals surface area contributed by atoms with Gasteiger partial charge >= 0.3 is 0 Å². The predicted octanol–water partition coefficient (Wildman–Crippen LogP) is 1.25. The van der Waals surface area contributed by atoms with Crippen molar-refractivity contribution in [3.63, 3.8) is 0 Å². The molecule has 0 saturated carbocycles. The average Bonchev–Trinajstić information content (AvgIpc) is 2.10. The van der Waals surface area contributed by atoms with Crippen LogP contribution in [-0.2, 0) is 0 Å². The second-order valence-corrected chi connectivity index (χ2v) is 4.92. The summed E-state index contributed by atoms with van der Waals surface area (Å²) in [7, 11) is -2.16. The van der Waals surface area contributed by atoms with E-state index < -0.39 is 8.53 Å². The summed E-state index contributed by atoms with van der Waals surface area (Å²) in [4.78, 5) is 18.2. The van der Waals surface area contributed by atoms with Crippen molar-refractivity contribution in [2.75, 3.05) is 6.54 Å². The highest BCUT2D eigenvalue weighted by Gasteiger charge is 2.37. The van der Waals surface area contributed by atoms with E-state index >= 15 is 0 Å². The maximum Gasteiger partial charge on any atom is 0.300 e. The lowest BCUT2D eigenvalue weighted by Gasteiger charge is -2.44. The number of nitriles is 1. The highest BCUT2D eigenvalue weighted by Crippen LogP contribution is 2.27. The van der Waals surface area contributed by atoms with E-state index in [2.05, 4.69) is 11.3 Å². The van der Waals surface area contributed by atoms with Crippen molar-refractivity contribution in [1.29, 1.82) is 5.26 Å². The first kappa shape index (κ1) is 14.8. The average molecular weight is 234 g/mol. The highest BCUT2D eigenvalue weighted by atomic mass is 31.2. The normalized spacial score (nSPS) is 12.5. The van der Waals surface area contributed by atoms with Crippen LogP contribution in [0.25, 0.3) is 0 Å². The van der Waals surface area contributed by atoms with Crippen LogP contribution in [-0.4, -0.2) is 33.0 Å². The quantitative estimate of drug-likeness (QED) is 0.367. The van der Waals surface area contributed by atoms with Crippen LogP contribution < -0.4 is 5.20 Å². The van der Waals surface area contributed by atoms with Crippen molar-refractivity contribution < 1.29 is 14.4 Å². The molecule has 0 rings (SSSR count). The van der Waals surface area contributed by atoms with Gasteiger partial charge in [0.25, 0.3) is 8.53 Å². The molecule has 0 aliphatic heterocycles. The van der Waals surface area contributed by atoms with E-state index in [1.165, 1.54) is 0 Å². The fourth-order valence-corrected chi connectivity index (χ4v) is 2.69. The van der Waals surface area contributed by atoms with E-state index in [0.717, 1.165) is 0 Å². The van der Waals surface area contributed by atoms with Crippen LogP contribution in [0.5, 0.6) is 0 Å². The van der Waals surface area contributed by atoms with Crippen molar-refractivity contribution in [2.24, 2.45) is 0 Å². The summed E-state index contributed by atoms with van der Waals surface area (Å²) in [6, 6.07) is 2.46. The van der Waals surface area contributed by atoms with Crippen molar-refractivity contribution in [1.82, 2.24) is 5.20 Å². The molecule has 0 spiro atoms. The molecular weight excluding hydrogens is 213 g/mol. The fourth-order valence-electron chi connectivity index (χ4n) is 1.80. The third kappa shape index (κ3) is 4.02. The Balaban J connectivity index is 4.83. The molecule has 0 aliphatic rings. The number of hydrogen-bond acceptors (Lipinski definition) is 4. The van der Waals surface area contributed by atoms with E-state index in [0.29, 0.717) is 17.6 Å². The molecule has 3 N–H and O–H groups in total. The van der Waals surface area contributed by atoms with Gasteiger partial charge in [-0.05, 0) is 27.7 Å². The van der Waals surface area contributed by atoms with Gasteiger partial charge in [0.15, 0.2) is 0 Å². The molecule has 0 unspecified atom stereocenters. The molecule has 88 valence electrons. The zero-order valence-electron chi connectivity index (χ0n) is 9.80. The second-order valence-electron chi connectivity index (χ2n) is 4.14. The third-order valence-corrected chi connectivity index (χ3v) is 3.26. The topological polar surface area (TPSA) is 76.3 Å². The van der Waals surface area contributed by atoms with Crippen LogP contribution in [0.15, 0.2) is 0 Å². The minimum atomic E-state index is -2.16. The first-order valence-electron chi connectivity index (χ1n) is 5.07. The van der Waals surface area contributed by atoms with Crippen LogP contribution in [0.2, 0.25) is 0 Å². The summed E-state index contributed by atoms with van der Waals surface area (Å²) in [5.41, 5.74) is 0. The molecule has 0 aromatic carbocycles. The Labute approximate surface area is 92.9 Å². The van der Waals surface area contributed by atoms with E-state index in [-0.39, 0.29) is 12.1 Å². The Kier molecular flexibility index (Phi) is 6.26. The van der Waals surface area contributed by atoms with Gasteiger partial charge < -0.3 is 9.79 Å². The maximum atomic E-state index is 9.10. The fraction of sp³-hybridized carbons (Fsp3) is 0.889. The lowest BCUT2D eigenvalue weighted by Crippen LogP contribution is -2.64. The number of rotatable bonds is 6. The first-order valence-corrected chi connectivity index (χ1v) is 6.31. The lowest BCUT2D eigenvalue weighted by molar-refractivity contribution is -0.994. The number of quaternary nitrogens is 1. The predicted molar refractivity (Wildman–Crippen MR) is 60.1 cm³/mol. The van der Waals surface area contributed by atoms with Gasteiger partial charge in [0.1, 0.15) is 18.6 Å². The minimum absolute atomic E-state index is 0.183. The molecule has 15 heavy (non-hydrogen) atoms. The van der Waals surface area contributed by atoms with Crippen LogP contribution >= 0.6 is 8.53 Å². The number of hydrogen-bond donors (Lipinski definition) is 3. The largest absolute Gasteiger partial charge is 0.335 e. The van der Waals surface area contributed by atoms with E-state index in [4.69, 9.17) is 15.0 Å². The standard InChI is InChI=1S/C9H21N3O2P/c1-8(2)12(9(3)4,7-5-6-10)11-15(13)14/h8-9,11,13-14H,5,7H2,1-4H3/q+1. The van der Waals surface area contributed by atoms with Crippen molar-refractivity contribution in [2.45, 2.75) is 46.2 Å². The molecule has 0 aromatic rings. The smallest absolute Gasteiger partial charge is 0.300 e. The van der Waals surface area contributed by atoms with Gasteiger partial charge in [0.2, 0.25) is 0 Å². The van der Waals surface area contributed by atoms with Gasteiger partial charge in [-0.25, -0.2) is 4.59 Å². The van der Waals surface area contributed by atoms with Crippen molar-refractivity contribution >= 4 is 8.53 Å². The summed E-state index contributed by atoms with van der Waals surface area (Å²) in [5.74, 6) is 0. The summed E-state index contributed by atoms with van der Waals surface area (Å²) < 4.78 is 0.353. The van der Waals surface area contributed by atoms with E-state index in [1.54, 1.807) is 0 Å². The second kappa shape index (κ2) is 6.37. The molecular formula is C9H21N3O2P+. The molecule has 0 amide bonds. The summed E-state index contributed by atoms with van der Waals surface area (Å²) in [6.45, 7) is 8.59. The molecule has 0 radical (unpaired) electrons. The Bertz CT molecular complexity index is 218. The molecule has 0 atom stereocenters. The van der Waals surface area contributed by atoms with Crippen LogP contribution in [0.3, 0.4) is 0 Å². The molecule has 5 nitrogen and oxygen atoms in total. The molecule has 0 saturated heterocycles. The maximum absolute atomic E-state index is 9.10. The van der Waals surface area contributed by atoms with Crippen LogP contribution in [0.4, 0.5) is 0 Å². The molecule has 0 aliphatic carbocycles. The Morgan fingerprint density at radius 2 is 1.73 bits per heavy atom. The Morgan fingerprint density at radius 3 is 2.00 bits per heavy atom. The number of nitrogens with zero attached hydrogens (tertiary/aromatic N) is 2.